The maximum atomic E-state index is 12.3. The van der Waals surface area contributed by atoms with E-state index >= 15 is 0 Å². The first-order valence-corrected chi connectivity index (χ1v) is 10.2. The number of hydrogen-bond acceptors (Lipinski definition) is 5. The van der Waals surface area contributed by atoms with Crippen LogP contribution in [0.1, 0.15) is 32.6 Å². The highest BCUT2D eigenvalue weighted by Crippen LogP contribution is 2.34. The highest BCUT2D eigenvalue weighted by molar-refractivity contribution is 7.90. The fraction of sp³-hybridized carbons (Fsp3) is 0.500. The Bertz CT molecular complexity index is 778. The van der Waals surface area contributed by atoms with Crippen LogP contribution in [0, 0.1) is 0 Å². The molecule has 0 saturated carbocycles. The monoisotopic (exact) mass is 367 g/mol. The molecule has 0 saturated heterocycles. The van der Waals surface area contributed by atoms with Crippen molar-refractivity contribution in [3.63, 3.8) is 0 Å². The van der Waals surface area contributed by atoms with Gasteiger partial charge in [0, 0.05) is 0 Å². The molecule has 0 fully saturated rings. The van der Waals surface area contributed by atoms with Gasteiger partial charge in [-0.05, 0) is 18.6 Å². The second kappa shape index (κ2) is 6.32. The number of halogens is 1. The van der Waals surface area contributed by atoms with Crippen LogP contribution in [0.15, 0.2) is 21.9 Å². The average molecular weight is 368 g/mol. The minimum Gasteiger partial charge on any atom is -0.368 e. The smallest absolute Gasteiger partial charge is 0.244 e. The molecular weight excluding hydrogens is 350 g/mol. The van der Waals surface area contributed by atoms with E-state index in [2.05, 4.69) is 17.0 Å². The van der Waals surface area contributed by atoms with Crippen molar-refractivity contribution in [3.05, 3.63) is 17.2 Å². The van der Waals surface area contributed by atoms with Crippen LogP contribution in [0.25, 0.3) is 0 Å². The molecule has 1 aromatic carbocycles. The quantitative estimate of drug-likeness (QED) is 0.683. The summed E-state index contributed by atoms with van der Waals surface area (Å²) in [5.74, 6) is 0. The number of rotatable bonds is 5. The summed E-state index contributed by atoms with van der Waals surface area (Å²) >= 11 is 5.90. The van der Waals surface area contributed by atoms with Crippen LogP contribution >= 0.6 is 11.6 Å². The van der Waals surface area contributed by atoms with Gasteiger partial charge < -0.3 is 5.32 Å². The Kier molecular flexibility index (Phi) is 5.03. The zero-order chi connectivity index (χ0) is 16.5. The van der Waals surface area contributed by atoms with Crippen molar-refractivity contribution in [1.82, 2.24) is 4.72 Å². The summed E-state index contributed by atoms with van der Waals surface area (Å²) in [6.07, 6.45) is 3.08. The third kappa shape index (κ3) is 3.72. The third-order valence-corrected chi connectivity index (χ3v) is 6.24. The number of anilines is 1. The fourth-order valence-electron chi connectivity index (χ4n) is 2.29. The number of fused-ring (bicyclic) bond motifs is 1. The molecule has 0 bridgehead atoms. The number of nitrogens with one attached hydrogen (secondary N) is 2. The van der Waals surface area contributed by atoms with E-state index in [1.807, 2.05) is 0 Å². The molecule has 4 N–H and O–H groups in total. The molecule has 0 amide bonds. The van der Waals surface area contributed by atoms with Gasteiger partial charge in [-0.15, -0.1) is 0 Å². The van der Waals surface area contributed by atoms with E-state index in [1.165, 1.54) is 6.07 Å². The first kappa shape index (κ1) is 17.5. The number of sulfonamides is 2. The van der Waals surface area contributed by atoms with Gasteiger partial charge in [0.2, 0.25) is 20.0 Å². The van der Waals surface area contributed by atoms with Gasteiger partial charge in [0.05, 0.1) is 16.9 Å². The van der Waals surface area contributed by atoms with Crippen molar-refractivity contribution >= 4 is 37.3 Å². The zero-order valence-corrected chi connectivity index (χ0v) is 14.4. The van der Waals surface area contributed by atoms with E-state index in [4.69, 9.17) is 16.7 Å². The van der Waals surface area contributed by atoms with E-state index in [1.54, 1.807) is 0 Å². The van der Waals surface area contributed by atoms with Crippen molar-refractivity contribution in [1.29, 1.82) is 0 Å². The molecule has 1 unspecified atom stereocenters. The van der Waals surface area contributed by atoms with Gasteiger partial charge >= 0.3 is 0 Å². The molecule has 2 rings (SSSR count). The summed E-state index contributed by atoms with van der Waals surface area (Å²) in [6, 6.07) is 2.26. The molecule has 0 radical (unpaired) electrons. The molecule has 1 heterocycles. The normalized spacial score (nSPS) is 20.2. The lowest BCUT2D eigenvalue weighted by Gasteiger charge is -2.28. The van der Waals surface area contributed by atoms with Gasteiger partial charge in [-0.25, -0.2) is 22.0 Å². The van der Waals surface area contributed by atoms with Crippen LogP contribution in [0.3, 0.4) is 0 Å². The summed E-state index contributed by atoms with van der Waals surface area (Å²) < 4.78 is 49.9. The first-order valence-electron chi connectivity index (χ1n) is 6.80. The number of nitrogens with two attached hydrogens (primary N) is 1. The van der Waals surface area contributed by atoms with Crippen molar-refractivity contribution in [2.75, 3.05) is 5.32 Å². The van der Waals surface area contributed by atoms with Gasteiger partial charge in [0.15, 0.2) is 0 Å². The summed E-state index contributed by atoms with van der Waals surface area (Å²) in [5.41, 5.74) is 0.276. The van der Waals surface area contributed by atoms with Gasteiger partial charge in [0.1, 0.15) is 9.79 Å². The van der Waals surface area contributed by atoms with Crippen molar-refractivity contribution in [2.24, 2.45) is 5.14 Å². The van der Waals surface area contributed by atoms with Gasteiger partial charge in [0.25, 0.3) is 0 Å². The minimum atomic E-state index is -4.10. The molecule has 124 valence electrons. The largest absolute Gasteiger partial charge is 0.368 e. The van der Waals surface area contributed by atoms with E-state index < -0.39 is 31.1 Å². The highest BCUT2D eigenvalue weighted by atomic mass is 35.5. The Morgan fingerprint density at radius 1 is 1.32 bits per heavy atom. The second-order valence-corrected chi connectivity index (χ2v) is 8.76. The lowest BCUT2D eigenvalue weighted by Crippen LogP contribution is -2.44. The predicted octanol–water partition coefficient (Wildman–Crippen LogP) is 1.60. The highest BCUT2D eigenvalue weighted by Gasteiger charge is 2.31. The van der Waals surface area contributed by atoms with Crippen LogP contribution < -0.4 is 15.2 Å². The molecule has 0 spiro atoms. The molecule has 22 heavy (non-hydrogen) atoms. The van der Waals surface area contributed by atoms with Crippen LogP contribution in [-0.2, 0) is 20.0 Å². The standard InChI is InChI=1S/C12H18ClN3O4S2/c1-2-3-4-5-12-15-9-6-8(13)10(21(14,17)18)7-11(9)22(19,20)16-12/h6-7,12,15-16H,2-5H2,1H3,(H2,14,17,18). The van der Waals surface area contributed by atoms with Crippen LogP contribution in [-0.4, -0.2) is 23.0 Å². The molecule has 0 aromatic heterocycles. The van der Waals surface area contributed by atoms with Crippen molar-refractivity contribution in [2.45, 2.75) is 48.6 Å². The summed E-state index contributed by atoms with van der Waals surface area (Å²) in [7, 11) is -7.92. The van der Waals surface area contributed by atoms with Gasteiger partial charge in [-0.3, -0.25) is 0 Å². The average Bonchev–Trinajstić information content (AvgIpc) is 2.35. The Morgan fingerprint density at radius 3 is 2.59 bits per heavy atom. The molecule has 1 atom stereocenters. The summed E-state index contributed by atoms with van der Waals surface area (Å²) in [6.45, 7) is 2.06. The number of hydrogen-bond donors (Lipinski definition) is 3. The molecule has 7 nitrogen and oxygen atoms in total. The number of primary sulfonamides is 1. The first-order chi connectivity index (χ1) is 10.1. The SMILES string of the molecule is CCCCCC1Nc2cc(Cl)c(S(N)(=O)=O)cc2S(=O)(=O)N1. The lowest BCUT2D eigenvalue weighted by molar-refractivity contribution is 0.524. The number of unbranched alkanes of at least 4 members (excludes halogenated alkanes) is 2. The molecule has 10 heteroatoms. The van der Waals surface area contributed by atoms with E-state index in [-0.39, 0.29) is 15.6 Å². The van der Waals surface area contributed by atoms with Crippen LogP contribution in [0.4, 0.5) is 5.69 Å². The zero-order valence-electron chi connectivity index (χ0n) is 12.0. The van der Waals surface area contributed by atoms with E-state index in [0.29, 0.717) is 6.42 Å². The fourth-order valence-corrected chi connectivity index (χ4v) is 4.82. The van der Waals surface area contributed by atoms with Crippen molar-refractivity contribution in [3.8, 4) is 0 Å². The van der Waals surface area contributed by atoms with Gasteiger partial charge in [-0.1, -0.05) is 37.8 Å². The molecule has 1 aliphatic rings. The Morgan fingerprint density at radius 2 is 2.00 bits per heavy atom. The summed E-state index contributed by atoms with van der Waals surface area (Å²) in [4.78, 5) is -0.586. The maximum Gasteiger partial charge on any atom is 0.244 e. The Hall–Kier alpha value is -0.870. The molecule has 1 aliphatic heterocycles. The molecule has 1 aromatic rings. The summed E-state index contributed by atoms with van der Waals surface area (Å²) in [5, 5.41) is 7.95. The Balaban J connectivity index is 2.40. The Labute approximate surface area is 135 Å². The third-order valence-electron chi connectivity index (χ3n) is 3.35. The molecule has 0 aliphatic carbocycles. The molecular formula is C12H18ClN3O4S2. The lowest BCUT2D eigenvalue weighted by atomic mass is 10.1. The van der Waals surface area contributed by atoms with Gasteiger partial charge in [-0.2, -0.15) is 4.72 Å². The topological polar surface area (TPSA) is 118 Å². The maximum absolute atomic E-state index is 12.3. The number of benzene rings is 1. The predicted molar refractivity (Wildman–Crippen MR) is 84.7 cm³/mol. The van der Waals surface area contributed by atoms with Crippen LogP contribution in [0.5, 0.6) is 0 Å². The van der Waals surface area contributed by atoms with E-state index in [9.17, 15) is 16.8 Å². The van der Waals surface area contributed by atoms with Crippen molar-refractivity contribution < 1.29 is 16.8 Å². The van der Waals surface area contributed by atoms with Crippen LogP contribution in [0.2, 0.25) is 5.02 Å². The minimum absolute atomic E-state index is 0.113. The van der Waals surface area contributed by atoms with E-state index in [0.717, 1.165) is 25.3 Å². The second-order valence-electron chi connectivity index (χ2n) is 5.14.